The third kappa shape index (κ3) is 14.6. The molecule has 0 unspecified atom stereocenters. The van der Waals surface area contributed by atoms with E-state index in [2.05, 4.69) is 42.8 Å². The number of benzene rings is 2. The van der Waals surface area contributed by atoms with Gasteiger partial charge in [0.2, 0.25) is 37.5 Å². The van der Waals surface area contributed by atoms with Crippen molar-refractivity contribution in [2.24, 2.45) is 7.05 Å². The lowest BCUT2D eigenvalue weighted by Crippen LogP contribution is -3.00. The van der Waals surface area contributed by atoms with Crippen molar-refractivity contribution in [2.45, 2.75) is 26.8 Å². The molecule has 0 fully saturated rings. The van der Waals surface area contributed by atoms with Gasteiger partial charge in [-0.3, -0.25) is 22.5 Å². The first-order valence-electron chi connectivity index (χ1n) is 11.1. The van der Waals surface area contributed by atoms with Crippen molar-refractivity contribution in [1.82, 2.24) is 4.72 Å². The molecule has 2 heterocycles. The monoisotopic (exact) mass is 645 g/mol. The maximum Gasteiger partial charge on any atom is 0.762 e. The van der Waals surface area contributed by atoms with Crippen LogP contribution in [0, 0.1) is 6.92 Å². The molecule has 40 heavy (non-hydrogen) atoms. The van der Waals surface area contributed by atoms with Gasteiger partial charge in [0.15, 0.2) is 6.54 Å². The molecule has 4 aromatic rings. The van der Waals surface area contributed by atoms with E-state index >= 15 is 0 Å². The second-order valence-electron chi connectivity index (χ2n) is 7.67. The number of para-hydroxylation sites is 2. The van der Waals surface area contributed by atoms with Gasteiger partial charge in [-0.1, -0.05) is 53.9 Å². The summed E-state index contributed by atoms with van der Waals surface area (Å²) in [5, 5.41) is 1.35. The van der Waals surface area contributed by atoms with Crippen LogP contribution in [-0.4, -0.2) is 46.8 Å². The molecular weight excluding hydrogens is 617 g/mol. The third-order valence-corrected chi connectivity index (χ3v) is 8.07. The smallest absolute Gasteiger partial charge is 0.762 e. The molecule has 0 radical (unpaired) electrons. The number of halogens is 4. The van der Waals surface area contributed by atoms with E-state index in [1.807, 2.05) is 50.4 Å². The van der Waals surface area contributed by atoms with Crippen molar-refractivity contribution in [2.75, 3.05) is 12.0 Å². The minimum absolute atomic E-state index is 0. The molecule has 18 heteroatoms. The number of hydrogen-bond donors (Lipinski definition) is 1. The minimum Gasteiger partial charge on any atom is -1.00 e. The molecule has 0 aliphatic heterocycles. The predicted molar refractivity (Wildman–Crippen MR) is 147 cm³/mol. The van der Waals surface area contributed by atoms with Crippen molar-refractivity contribution >= 4 is 76.7 Å². The van der Waals surface area contributed by atoms with Gasteiger partial charge in [0.05, 0.1) is 22.8 Å². The second kappa shape index (κ2) is 17.2. The van der Waals surface area contributed by atoms with Gasteiger partial charge in [-0.2, -0.15) is 9.13 Å². The number of rotatable bonds is 5. The van der Waals surface area contributed by atoms with Crippen molar-refractivity contribution < 1.29 is 53.0 Å². The van der Waals surface area contributed by atoms with Gasteiger partial charge in [0.1, 0.15) is 16.4 Å². The molecule has 1 amide bonds. The lowest BCUT2D eigenvalue weighted by atomic mass is 10.3. The van der Waals surface area contributed by atoms with Gasteiger partial charge >= 0.3 is 7.54 Å². The van der Waals surface area contributed by atoms with E-state index in [-0.39, 0.29) is 16.9 Å². The van der Waals surface area contributed by atoms with Crippen molar-refractivity contribution in [1.29, 1.82) is 0 Å². The summed E-state index contributed by atoms with van der Waals surface area (Å²) in [5.74, 6) is -0.798. The fourth-order valence-corrected chi connectivity index (χ4v) is 5.29. The Morgan fingerprint density at radius 2 is 1.48 bits per heavy atom. The molecule has 1 N–H and O–H groups in total. The summed E-state index contributed by atoms with van der Waals surface area (Å²) in [6.07, 6.45) is 1.11. The Hall–Kier alpha value is -2.67. The lowest BCUT2D eigenvalue weighted by Gasteiger charge is -1.99. The summed E-state index contributed by atoms with van der Waals surface area (Å²) in [7, 11) is -8.94. The lowest BCUT2D eigenvalue weighted by molar-refractivity contribution is -0.665. The van der Waals surface area contributed by atoms with Crippen LogP contribution in [0.4, 0.5) is 12.9 Å². The van der Waals surface area contributed by atoms with E-state index in [1.54, 1.807) is 11.3 Å². The van der Waals surface area contributed by atoms with E-state index in [9.17, 15) is 39.1 Å². The van der Waals surface area contributed by atoms with Crippen LogP contribution in [-0.2, 0) is 38.5 Å². The minimum atomic E-state index is -3.91. The maximum absolute atomic E-state index is 11.4. The predicted octanol–water partition coefficient (Wildman–Crippen LogP) is 0.124. The zero-order valence-corrected chi connectivity index (χ0v) is 25.1. The Kier molecular flexibility index (Phi) is 16.1. The number of aromatic nitrogens is 2. The molecule has 0 atom stereocenters. The summed E-state index contributed by atoms with van der Waals surface area (Å²) in [6.45, 7) is 3.92. The number of nitrogens with zero attached hydrogens (tertiary/aromatic N) is 2. The van der Waals surface area contributed by atoms with Crippen LogP contribution in [0.25, 0.3) is 20.4 Å². The van der Waals surface area contributed by atoms with Crippen molar-refractivity contribution in [3.05, 3.63) is 59.0 Å². The van der Waals surface area contributed by atoms with Crippen LogP contribution in [0.3, 0.4) is 0 Å². The molecule has 9 nitrogen and oxygen atoms in total. The van der Waals surface area contributed by atoms with Gasteiger partial charge < -0.3 is 9.26 Å². The van der Waals surface area contributed by atoms with Crippen LogP contribution < -0.4 is 18.6 Å². The fraction of sp³-hybridized carbons (Fsp3) is 0.318. The zero-order chi connectivity index (χ0) is 29.8. The van der Waals surface area contributed by atoms with E-state index in [0.29, 0.717) is 6.54 Å². The fourth-order valence-electron chi connectivity index (χ4n) is 2.84. The SMILES string of the molecule is CCS(=O)(=O)[O-].CS(=O)(=O)NC(=O)CC[n+]1csc2ccccc21.Cc1sc2ccccc2[n+]1C.FB(F)F.[F-]. The van der Waals surface area contributed by atoms with E-state index in [1.165, 1.54) is 22.1 Å². The zero-order valence-electron chi connectivity index (χ0n) is 21.9. The summed E-state index contributed by atoms with van der Waals surface area (Å²) in [6, 6.07) is 16.3. The number of carbonyl (C=O) groups excluding carboxylic acids is 1. The number of hydrogen-bond acceptors (Lipinski definition) is 8. The van der Waals surface area contributed by atoms with Crippen molar-refractivity contribution in [3.8, 4) is 0 Å². The molecule has 4 rings (SSSR count). The standard InChI is InChI=1S/C11H12N2O3S2.C9H10NS.C2H6O3S.BF3.FH/c1-18(15,16)12-11(14)6-7-13-8-17-10-5-3-2-4-9(10)13;1-7-10(2)8-5-3-4-6-9(8)11-7;1-2-6(3,4)5;2-1(3)4;/h2-5,8H,6-7H2,1H3;3-6H,1-2H3;2H2,1H3,(H,3,4,5);;1H/q;+1;;;/p-1. The summed E-state index contributed by atoms with van der Waals surface area (Å²) < 4.78 is 87.7. The van der Waals surface area contributed by atoms with Crippen LogP contribution in [0.2, 0.25) is 0 Å². The van der Waals surface area contributed by atoms with Gasteiger partial charge in [-0.25, -0.2) is 16.8 Å². The van der Waals surface area contributed by atoms with Crippen LogP contribution >= 0.6 is 22.7 Å². The Bertz CT molecular complexity index is 1580. The van der Waals surface area contributed by atoms with E-state index in [0.717, 1.165) is 16.5 Å². The van der Waals surface area contributed by atoms with E-state index in [4.69, 9.17) is 0 Å². The molecule has 2 aromatic carbocycles. The molecule has 0 aliphatic carbocycles. The first kappa shape index (κ1) is 37.3. The maximum atomic E-state index is 11.4. The molecule has 0 saturated heterocycles. The average Bonchev–Trinajstić information content (AvgIpc) is 3.37. The quantitative estimate of drug-likeness (QED) is 0.142. The molecule has 222 valence electrons. The molecular formula is C22H28BF4N3O6S4. The second-order valence-corrected chi connectivity index (χ2v) is 13.2. The molecule has 0 spiro atoms. The first-order valence-corrected chi connectivity index (χ1v) is 16.3. The first-order chi connectivity index (χ1) is 18.0. The summed E-state index contributed by atoms with van der Waals surface area (Å²) >= 11 is 3.43. The Balaban J connectivity index is 0.000000588. The highest BCUT2D eigenvalue weighted by Gasteiger charge is 2.15. The van der Waals surface area contributed by atoms with Gasteiger partial charge in [0, 0.05) is 24.8 Å². The Morgan fingerprint density at radius 3 is 1.95 bits per heavy atom. The number of thiazole rings is 2. The van der Waals surface area contributed by atoms with Crippen LogP contribution in [0.5, 0.6) is 0 Å². The Labute approximate surface area is 238 Å². The number of carbonyl (C=O) groups is 1. The average molecular weight is 646 g/mol. The molecule has 0 aliphatic rings. The number of sulfonamides is 1. The number of fused-ring (bicyclic) bond motifs is 2. The molecule has 0 bridgehead atoms. The molecule has 0 saturated carbocycles. The van der Waals surface area contributed by atoms with Crippen molar-refractivity contribution in [3.63, 3.8) is 0 Å². The highest BCUT2D eigenvalue weighted by molar-refractivity contribution is 7.89. The highest BCUT2D eigenvalue weighted by Crippen LogP contribution is 2.18. The van der Waals surface area contributed by atoms with Crippen LogP contribution in [0.1, 0.15) is 18.4 Å². The van der Waals surface area contributed by atoms with Crippen LogP contribution in [0.15, 0.2) is 54.0 Å². The molecule has 2 aromatic heterocycles. The summed E-state index contributed by atoms with van der Waals surface area (Å²) in [5.41, 5.74) is 4.31. The number of aryl methyl sites for hydroxylation is 3. The van der Waals surface area contributed by atoms with Gasteiger partial charge in [0.25, 0.3) is 0 Å². The highest BCUT2D eigenvalue weighted by atomic mass is 32.2. The Morgan fingerprint density at radius 1 is 1.00 bits per heavy atom. The topological polar surface area (TPSA) is 128 Å². The summed E-state index contributed by atoms with van der Waals surface area (Å²) in [4.78, 5) is 11.4. The van der Waals surface area contributed by atoms with Gasteiger partial charge in [-0.15, -0.1) is 0 Å². The van der Waals surface area contributed by atoms with E-state index < -0.39 is 33.6 Å². The number of nitrogens with one attached hydrogen (secondary N) is 1. The normalized spacial score (nSPS) is 10.6. The van der Waals surface area contributed by atoms with Gasteiger partial charge in [-0.05, 0) is 12.1 Å². The number of amides is 1. The largest absolute Gasteiger partial charge is 1.00 e. The third-order valence-electron chi connectivity index (χ3n) is 4.67.